The molecule has 24 heavy (non-hydrogen) atoms. The van der Waals surface area contributed by atoms with Crippen molar-refractivity contribution >= 4 is 35.0 Å². The average molecular weight is 371 g/mol. The summed E-state index contributed by atoms with van der Waals surface area (Å²) in [5.74, 6) is -0.669. The molecule has 1 aromatic heterocycles. The van der Waals surface area contributed by atoms with E-state index in [1.165, 1.54) is 30.0 Å². The van der Waals surface area contributed by atoms with Crippen LogP contribution < -0.4 is 5.32 Å². The van der Waals surface area contributed by atoms with E-state index in [0.717, 1.165) is 25.8 Å². The maximum Gasteiger partial charge on any atom is 0.237 e. The second-order valence-electron chi connectivity index (χ2n) is 5.39. The zero-order valence-corrected chi connectivity index (χ0v) is 15.2. The summed E-state index contributed by atoms with van der Waals surface area (Å²) >= 11 is 7.26. The molecule has 0 saturated heterocycles. The minimum absolute atomic E-state index is 0.170. The molecule has 0 aliphatic carbocycles. The summed E-state index contributed by atoms with van der Waals surface area (Å²) < 4.78 is 15.0. The number of unbranched alkanes of at least 4 members (excludes halogenated alkanes) is 2. The molecule has 0 unspecified atom stereocenters. The molecule has 1 amide bonds. The summed E-state index contributed by atoms with van der Waals surface area (Å²) in [6.07, 6.45) is 5.01. The molecule has 1 N–H and O–H groups in total. The van der Waals surface area contributed by atoms with Crippen LogP contribution in [0.25, 0.3) is 0 Å². The van der Waals surface area contributed by atoms with Crippen LogP contribution in [0.2, 0.25) is 5.02 Å². The first-order chi connectivity index (χ1) is 11.5. The Balaban J connectivity index is 1.95. The van der Waals surface area contributed by atoms with Crippen LogP contribution in [0.15, 0.2) is 29.7 Å². The SMILES string of the molecule is CCCCCn1cnnc1S[C@H](C)C(=O)Nc1ccc(F)cc1Cl. The number of halogens is 2. The van der Waals surface area contributed by atoms with Crippen LogP contribution in [0.3, 0.4) is 0 Å². The number of aryl methyl sites for hydroxylation is 1. The van der Waals surface area contributed by atoms with Crippen molar-refractivity contribution in [3.05, 3.63) is 35.4 Å². The number of benzene rings is 1. The maximum atomic E-state index is 13.0. The number of anilines is 1. The Hall–Kier alpha value is -1.60. The zero-order chi connectivity index (χ0) is 17.5. The van der Waals surface area contributed by atoms with Crippen LogP contribution in [0.1, 0.15) is 33.1 Å². The van der Waals surface area contributed by atoms with E-state index in [9.17, 15) is 9.18 Å². The van der Waals surface area contributed by atoms with Crippen LogP contribution in [-0.2, 0) is 11.3 Å². The van der Waals surface area contributed by atoms with Crippen molar-refractivity contribution in [3.63, 3.8) is 0 Å². The minimum Gasteiger partial charge on any atom is -0.324 e. The lowest BCUT2D eigenvalue weighted by Gasteiger charge is -2.13. The summed E-state index contributed by atoms with van der Waals surface area (Å²) in [5.41, 5.74) is 0.389. The van der Waals surface area contributed by atoms with Crippen LogP contribution in [0.5, 0.6) is 0 Å². The van der Waals surface area contributed by atoms with Gasteiger partial charge in [-0.05, 0) is 31.5 Å². The first kappa shape index (κ1) is 18.7. The summed E-state index contributed by atoms with van der Waals surface area (Å²) in [7, 11) is 0. The van der Waals surface area contributed by atoms with E-state index in [2.05, 4.69) is 22.4 Å². The quantitative estimate of drug-likeness (QED) is 0.553. The summed E-state index contributed by atoms with van der Waals surface area (Å²) in [5, 5.41) is 11.2. The smallest absolute Gasteiger partial charge is 0.237 e. The summed E-state index contributed by atoms with van der Waals surface area (Å²) in [6, 6.07) is 3.86. The molecular weight excluding hydrogens is 351 g/mol. The van der Waals surface area contributed by atoms with Gasteiger partial charge < -0.3 is 9.88 Å². The van der Waals surface area contributed by atoms with Crippen LogP contribution in [0.4, 0.5) is 10.1 Å². The van der Waals surface area contributed by atoms with E-state index in [-0.39, 0.29) is 16.2 Å². The highest BCUT2D eigenvalue weighted by atomic mass is 35.5. The Morgan fingerprint density at radius 2 is 2.25 bits per heavy atom. The summed E-state index contributed by atoms with van der Waals surface area (Å²) in [6.45, 7) is 4.76. The number of aromatic nitrogens is 3. The normalized spacial score (nSPS) is 12.2. The van der Waals surface area contributed by atoms with Crippen molar-refractivity contribution in [2.75, 3.05) is 5.32 Å². The Kier molecular flexibility index (Phi) is 7.05. The van der Waals surface area contributed by atoms with Gasteiger partial charge in [0.05, 0.1) is 16.0 Å². The highest BCUT2D eigenvalue weighted by molar-refractivity contribution is 8.00. The Morgan fingerprint density at radius 3 is 2.96 bits per heavy atom. The van der Waals surface area contributed by atoms with Gasteiger partial charge in [0.15, 0.2) is 5.16 Å². The third kappa shape index (κ3) is 5.21. The number of amides is 1. The highest BCUT2D eigenvalue weighted by Crippen LogP contribution is 2.26. The molecule has 130 valence electrons. The number of nitrogens with one attached hydrogen (secondary N) is 1. The van der Waals surface area contributed by atoms with Gasteiger partial charge in [0.1, 0.15) is 12.1 Å². The maximum absolute atomic E-state index is 13.0. The fourth-order valence-electron chi connectivity index (χ4n) is 2.06. The lowest BCUT2D eigenvalue weighted by molar-refractivity contribution is -0.115. The van der Waals surface area contributed by atoms with Crippen LogP contribution in [-0.4, -0.2) is 25.9 Å². The molecule has 8 heteroatoms. The molecule has 1 aromatic carbocycles. The first-order valence-corrected chi connectivity index (χ1v) is 9.07. The van der Waals surface area contributed by atoms with E-state index in [1.807, 2.05) is 4.57 Å². The molecule has 0 fully saturated rings. The Bertz CT molecular complexity index is 694. The average Bonchev–Trinajstić information content (AvgIpc) is 2.97. The monoisotopic (exact) mass is 370 g/mol. The van der Waals surface area contributed by atoms with Gasteiger partial charge in [0, 0.05) is 6.54 Å². The van der Waals surface area contributed by atoms with Crippen molar-refractivity contribution in [2.24, 2.45) is 0 Å². The van der Waals surface area contributed by atoms with Gasteiger partial charge in [-0.25, -0.2) is 4.39 Å². The standard InChI is InChI=1S/C16H20ClFN4OS/c1-3-4-5-8-22-10-19-21-16(22)24-11(2)15(23)20-14-7-6-12(18)9-13(14)17/h6-7,9-11H,3-5,8H2,1-2H3,(H,20,23)/t11-/m1/s1. The molecule has 0 saturated carbocycles. The fraction of sp³-hybridized carbons (Fsp3) is 0.438. The van der Waals surface area contributed by atoms with Gasteiger partial charge in [-0.2, -0.15) is 0 Å². The van der Waals surface area contributed by atoms with E-state index in [1.54, 1.807) is 13.3 Å². The number of carbonyl (C=O) groups is 1. The third-order valence-corrected chi connectivity index (χ3v) is 4.83. The van der Waals surface area contributed by atoms with Crippen molar-refractivity contribution in [3.8, 4) is 0 Å². The van der Waals surface area contributed by atoms with E-state index in [0.29, 0.717) is 10.8 Å². The lowest BCUT2D eigenvalue weighted by Crippen LogP contribution is -2.23. The molecule has 1 heterocycles. The van der Waals surface area contributed by atoms with Crippen molar-refractivity contribution in [1.29, 1.82) is 0 Å². The number of nitrogens with zero attached hydrogens (tertiary/aromatic N) is 3. The number of carbonyl (C=O) groups excluding carboxylic acids is 1. The second-order valence-corrected chi connectivity index (χ2v) is 7.10. The minimum atomic E-state index is -0.444. The lowest BCUT2D eigenvalue weighted by atomic mass is 10.2. The fourth-order valence-corrected chi connectivity index (χ4v) is 3.12. The third-order valence-electron chi connectivity index (χ3n) is 3.42. The van der Waals surface area contributed by atoms with Gasteiger partial charge in [-0.1, -0.05) is 43.1 Å². The molecule has 2 rings (SSSR count). The number of hydrogen-bond donors (Lipinski definition) is 1. The number of thioether (sulfide) groups is 1. The molecule has 2 aromatic rings. The molecule has 0 aliphatic rings. The Morgan fingerprint density at radius 1 is 1.46 bits per heavy atom. The first-order valence-electron chi connectivity index (χ1n) is 7.81. The largest absolute Gasteiger partial charge is 0.324 e. The Labute approximate surface area is 150 Å². The highest BCUT2D eigenvalue weighted by Gasteiger charge is 2.19. The molecule has 0 spiro atoms. The van der Waals surface area contributed by atoms with E-state index >= 15 is 0 Å². The van der Waals surface area contributed by atoms with Gasteiger partial charge in [0.2, 0.25) is 5.91 Å². The van der Waals surface area contributed by atoms with Gasteiger partial charge >= 0.3 is 0 Å². The molecule has 0 aliphatic heterocycles. The second kappa shape index (κ2) is 9.03. The van der Waals surface area contributed by atoms with Gasteiger partial charge in [-0.15, -0.1) is 10.2 Å². The van der Waals surface area contributed by atoms with Crippen LogP contribution >= 0.6 is 23.4 Å². The predicted octanol–water partition coefficient (Wildman–Crippen LogP) is 4.38. The van der Waals surface area contributed by atoms with Crippen molar-refractivity contribution in [2.45, 2.75) is 50.1 Å². The summed E-state index contributed by atoms with van der Waals surface area (Å²) in [4.78, 5) is 12.3. The molecule has 5 nitrogen and oxygen atoms in total. The number of rotatable bonds is 8. The molecule has 0 bridgehead atoms. The molecule has 0 radical (unpaired) electrons. The zero-order valence-electron chi connectivity index (χ0n) is 13.6. The van der Waals surface area contributed by atoms with Crippen LogP contribution in [0, 0.1) is 5.82 Å². The molecular formula is C16H20ClFN4OS. The van der Waals surface area contributed by atoms with E-state index in [4.69, 9.17) is 11.6 Å². The van der Waals surface area contributed by atoms with Gasteiger partial charge in [-0.3, -0.25) is 4.79 Å². The van der Waals surface area contributed by atoms with E-state index < -0.39 is 5.82 Å². The van der Waals surface area contributed by atoms with Crippen molar-refractivity contribution < 1.29 is 9.18 Å². The predicted molar refractivity (Wildman–Crippen MR) is 94.9 cm³/mol. The van der Waals surface area contributed by atoms with Crippen molar-refractivity contribution in [1.82, 2.24) is 14.8 Å². The topological polar surface area (TPSA) is 59.8 Å². The number of hydrogen-bond acceptors (Lipinski definition) is 4. The molecule has 1 atom stereocenters. The van der Waals surface area contributed by atoms with Gasteiger partial charge in [0.25, 0.3) is 0 Å².